The Kier molecular flexibility index (Phi) is 9.92. The highest BCUT2D eigenvalue weighted by Gasteiger charge is 1.90. The van der Waals surface area contributed by atoms with E-state index in [-0.39, 0.29) is 24.8 Å². The van der Waals surface area contributed by atoms with Gasteiger partial charge in [0.15, 0.2) is 0 Å². The first-order chi connectivity index (χ1) is 4.93. The van der Waals surface area contributed by atoms with Crippen molar-refractivity contribution in [2.24, 2.45) is 5.73 Å². The van der Waals surface area contributed by atoms with Crippen LogP contribution in [0, 0.1) is 0 Å². The van der Waals surface area contributed by atoms with Crippen molar-refractivity contribution in [2.75, 3.05) is 13.2 Å². The van der Waals surface area contributed by atoms with Crippen LogP contribution in [-0.2, 0) is 0 Å². The number of ether oxygens (including phenoxy) is 1. The number of nitrogens with zero attached hydrogens (tertiary/aromatic N) is 2. The van der Waals surface area contributed by atoms with Crippen molar-refractivity contribution >= 4 is 24.8 Å². The monoisotopic (exact) mass is 211 g/mol. The summed E-state index contributed by atoms with van der Waals surface area (Å²) >= 11 is 0. The molecule has 0 atom stereocenters. The van der Waals surface area contributed by atoms with Crippen molar-refractivity contribution in [3.63, 3.8) is 0 Å². The molecule has 0 aromatic carbocycles. The van der Waals surface area contributed by atoms with Gasteiger partial charge in [0.1, 0.15) is 6.61 Å². The average Bonchev–Trinajstić information content (AvgIpc) is 2.03. The van der Waals surface area contributed by atoms with Crippen molar-refractivity contribution < 1.29 is 4.74 Å². The van der Waals surface area contributed by atoms with Gasteiger partial charge in [0.25, 0.3) is 0 Å². The van der Waals surface area contributed by atoms with E-state index in [1.54, 1.807) is 18.5 Å². The second kappa shape index (κ2) is 8.52. The molecule has 1 heterocycles. The van der Waals surface area contributed by atoms with E-state index in [4.69, 9.17) is 10.5 Å². The van der Waals surface area contributed by atoms with Gasteiger partial charge in [-0.15, -0.1) is 24.8 Å². The van der Waals surface area contributed by atoms with Crippen LogP contribution in [0.2, 0.25) is 0 Å². The fraction of sp³-hybridized carbons (Fsp3) is 0.333. The van der Waals surface area contributed by atoms with Crippen LogP contribution in [0.5, 0.6) is 6.01 Å². The number of hydrogen-bond donors (Lipinski definition) is 1. The van der Waals surface area contributed by atoms with Gasteiger partial charge >= 0.3 is 6.01 Å². The molecule has 12 heavy (non-hydrogen) atoms. The van der Waals surface area contributed by atoms with Gasteiger partial charge in [-0.1, -0.05) is 0 Å². The van der Waals surface area contributed by atoms with Gasteiger partial charge in [0.2, 0.25) is 0 Å². The molecule has 0 aliphatic heterocycles. The van der Waals surface area contributed by atoms with Gasteiger partial charge in [0.05, 0.1) is 0 Å². The van der Waals surface area contributed by atoms with E-state index in [1.165, 1.54) is 0 Å². The zero-order valence-corrected chi connectivity index (χ0v) is 7.98. The van der Waals surface area contributed by atoms with Crippen LogP contribution in [0.3, 0.4) is 0 Å². The third-order valence-electron chi connectivity index (χ3n) is 0.891. The quantitative estimate of drug-likeness (QED) is 0.799. The summed E-state index contributed by atoms with van der Waals surface area (Å²) in [6.07, 6.45) is 3.25. The van der Waals surface area contributed by atoms with Gasteiger partial charge in [0, 0.05) is 18.9 Å². The van der Waals surface area contributed by atoms with Crippen molar-refractivity contribution in [2.45, 2.75) is 0 Å². The number of nitrogens with two attached hydrogens (primary N) is 1. The fourth-order valence-electron chi connectivity index (χ4n) is 0.510. The molecule has 0 fully saturated rings. The third kappa shape index (κ3) is 5.12. The van der Waals surface area contributed by atoms with Crippen LogP contribution in [0.1, 0.15) is 0 Å². The smallest absolute Gasteiger partial charge is 0.316 e. The lowest BCUT2D eigenvalue weighted by Crippen LogP contribution is -2.11. The Morgan fingerprint density at radius 1 is 1.25 bits per heavy atom. The number of halogens is 2. The van der Waals surface area contributed by atoms with Crippen molar-refractivity contribution in [3.05, 3.63) is 18.5 Å². The molecule has 0 saturated heterocycles. The molecule has 0 amide bonds. The topological polar surface area (TPSA) is 61.0 Å². The van der Waals surface area contributed by atoms with Crippen LogP contribution in [-0.4, -0.2) is 23.1 Å². The summed E-state index contributed by atoms with van der Waals surface area (Å²) in [4.78, 5) is 7.65. The molecule has 0 bridgehead atoms. The molecule has 0 aliphatic carbocycles. The predicted octanol–water partition coefficient (Wildman–Crippen LogP) is 0.658. The minimum Gasteiger partial charge on any atom is -0.462 e. The van der Waals surface area contributed by atoms with Gasteiger partial charge in [-0.3, -0.25) is 0 Å². The third-order valence-corrected chi connectivity index (χ3v) is 0.891. The molecule has 1 rings (SSSR count). The molecule has 0 radical (unpaired) electrons. The Bertz CT molecular complexity index is 185. The number of rotatable bonds is 3. The molecule has 0 unspecified atom stereocenters. The summed E-state index contributed by atoms with van der Waals surface area (Å²) < 4.78 is 5.01. The Balaban J connectivity index is 0. The van der Waals surface area contributed by atoms with Crippen LogP contribution in [0.15, 0.2) is 18.5 Å². The SMILES string of the molecule is Cl.Cl.NCCOc1ncccn1. The molecule has 1 aromatic rings. The molecular weight excluding hydrogens is 201 g/mol. The molecule has 1 aromatic heterocycles. The normalized spacial score (nSPS) is 7.75. The first-order valence-corrected chi connectivity index (χ1v) is 3.03. The zero-order chi connectivity index (χ0) is 7.23. The molecule has 0 aliphatic rings. The lowest BCUT2D eigenvalue weighted by atomic mass is 10.7. The van der Waals surface area contributed by atoms with Gasteiger partial charge in [-0.25, -0.2) is 9.97 Å². The second-order valence-electron chi connectivity index (χ2n) is 1.67. The van der Waals surface area contributed by atoms with E-state index in [0.717, 1.165) is 0 Å². The molecule has 4 nitrogen and oxygen atoms in total. The van der Waals surface area contributed by atoms with Crippen LogP contribution < -0.4 is 10.5 Å². The van der Waals surface area contributed by atoms with Crippen LogP contribution in [0.25, 0.3) is 0 Å². The number of aromatic nitrogens is 2. The molecule has 0 saturated carbocycles. The number of hydrogen-bond acceptors (Lipinski definition) is 4. The highest BCUT2D eigenvalue weighted by Crippen LogP contribution is 1.95. The Morgan fingerprint density at radius 2 is 1.83 bits per heavy atom. The van der Waals surface area contributed by atoms with Gasteiger partial charge < -0.3 is 10.5 Å². The second-order valence-corrected chi connectivity index (χ2v) is 1.67. The summed E-state index contributed by atoms with van der Waals surface area (Å²) in [5.41, 5.74) is 5.20. The molecule has 0 spiro atoms. The van der Waals surface area contributed by atoms with Crippen molar-refractivity contribution in [3.8, 4) is 6.01 Å². The highest BCUT2D eigenvalue weighted by molar-refractivity contribution is 5.85. The van der Waals surface area contributed by atoms with E-state index in [1.807, 2.05) is 0 Å². The summed E-state index contributed by atoms with van der Waals surface area (Å²) in [5, 5.41) is 0. The largest absolute Gasteiger partial charge is 0.462 e. The lowest BCUT2D eigenvalue weighted by molar-refractivity contribution is 0.302. The van der Waals surface area contributed by atoms with E-state index in [2.05, 4.69) is 9.97 Å². The van der Waals surface area contributed by atoms with Crippen LogP contribution >= 0.6 is 24.8 Å². The first-order valence-electron chi connectivity index (χ1n) is 3.03. The maximum Gasteiger partial charge on any atom is 0.316 e. The van der Waals surface area contributed by atoms with E-state index < -0.39 is 0 Å². The van der Waals surface area contributed by atoms with Gasteiger partial charge in [-0.05, 0) is 6.07 Å². The zero-order valence-electron chi connectivity index (χ0n) is 6.34. The van der Waals surface area contributed by atoms with E-state index in [9.17, 15) is 0 Å². The minimum absolute atomic E-state index is 0. The minimum atomic E-state index is 0. The Hall–Kier alpha value is -0.580. The highest BCUT2D eigenvalue weighted by atomic mass is 35.5. The molecule has 70 valence electrons. The maximum absolute atomic E-state index is 5.20. The maximum atomic E-state index is 5.20. The average molecular weight is 212 g/mol. The van der Waals surface area contributed by atoms with Crippen LogP contribution in [0.4, 0.5) is 0 Å². The summed E-state index contributed by atoms with van der Waals surface area (Å²) in [5.74, 6) is 0. The Labute approximate surface area is 83.4 Å². The van der Waals surface area contributed by atoms with Crippen molar-refractivity contribution in [1.82, 2.24) is 9.97 Å². The first kappa shape index (κ1) is 14.0. The Morgan fingerprint density at radius 3 is 2.33 bits per heavy atom. The summed E-state index contributed by atoms with van der Waals surface area (Å²) in [6, 6.07) is 2.11. The molecule has 6 heteroatoms. The standard InChI is InChI=1S/C6H9N3O.2ClH/c7-2-5-10-6-8-3-1-4-9-6;;/h1,3-4H,2,5,7H2;2*1H. The molecular formula is C6H11Cl2N3O. The predicted molar refractivity (Wildman–Crippen MR) is 51.1 cm³/mol. The van der Waals surface area contributed by atoms with Gasteiger partial charge in [-0.2, -0.15) is 0 Å². The summed E-state index contributed by atoms with van der Waals surface area (Å²) in [6.45, 7) is 0.947. The summed E-state index contributed by atoms with van der Waals surface area (Å²) in [7, 11) is 0. The fourth-order valence-corrected chi connectivity index (χ4v) is 0.510. The van der Waals surface area contributed by atoms with Crippen molar-refractivity contribution in [1.29, 1.82) is 0 Å². The van der Waals surface area contributed by atoms with E-state index >= 15 is 0 Å². The lowest BCUT2D eigenvalue weighted by Gasteiger charge is -1.98. The molecule has 2 N–H and O–H groups in total. The van der Waals surface area contributed by atoms with E-state index in [0.29, 0.717) is 19.2 Å².